The van der Waals surface area contributed by atoms with E-state index in [0.717, 1.165) is 4.47 Å². The number of aromatic amines is 1. The number of nitrogens with one attached hydrogen (secondary N) is 2. The molecule has 1 aromatic heterocycles. The van der Waals surface area contributed by atoms with Crippen LogP contribution in [0.4, 0.5) is 13.2 Å². The van der Waals surface area contributed by atoms with Gasteiger partial charge in [-0.15, -0.1) is 5.10 Å². The SMILES string of the molecule is N#CC1C(=N)Oc2n[nH]c(C(F)(F)F)c2C1c1ccc(Br)cc1. The number of H-pyrrole nitrogens is 1. The number of hydrogen-bond donors (Lipinski definition) is 2. The van der Waals surface area contributed by atoms with Crippen LogP contribution in [0, 0.1) is 22.7 Å². The molecule has 2 aromatic rings. The van der Waals surface area contributed by atoms with Gasteiger partial charge in [-0.25, -0.2) is 0 Å². The first kappa shape index (κ1) is 15.6. The molecule has 0 fully saturated rings. The number of benzene rings is 1. The van der Waals surface area contributed by atoms with Crippen molar-refractivity contribution in [2.24, 2.45) is 5.92 Å². The number of alkyl halides is 3. The van der Waals surface area contributed by atoms with Gasteiger partial charge in [0.05, 0.1) is 11.6 Å². The van der Waals surface area contributed by atoms with Gasteiger partial charge in [-0.05, 0) is 17.7 Å². The van der Waals surface area contributed by atoms with Gasteiger partial charge < -0.3 is 4.74 Å². The molecule has 2 atom stereocenters. The number of hydrogen-bond acceptors (Lipinski definition) is 4. The van der Waals surface area contributed by atoms with Crippen LogP contribution >= 0.6 is 15.9 Å². The second kappa shape index (κ2) is 5.38. The summed E-state index contributed by atoms with van der Waals surface area (Å²) in [5.74, 6) is -2.89. The molecule has 9 heteroatoms. The summed E-state index contributed by atoms with van der Waals surface area (Å²) in [7, 11) is 0. The molecule has 2 heterocycles. The van der Waals surface area contributed by atoms with Gasteiger partial charge in [-0.1, -0.05) is 28.1 Å². The van der Waals surface area contributed by atoms with Crippen LogP contribution in [0.3, 0.4) is 0 Å². The molecular weight excluding hydrogens is 377 g/mol. The molecule has 0 saturated heterocycles. The van der Waals surface area contributed by atoms with Crippen LogP contribution in [0.5, 0.6) is 5.88 Å². The smallest absolute Gasteiger partial charge is 0.422 e. The molecule has 0 amide bonds. The quantitative estimate of drug-likeness (QED) is 0.783. The fraction of sp³-hybridized carbons (Fsp3) is 0.214. The number of halogens is 4. The Morgan fingerprint density at radius 3 is 2.52 bits per heavy atom. The number of fused-ring (bicyclic) bond motifs is 1. The third-order valence-corrected chi connectivity index (χ3v) is 4.08. The predicted molar refractivity (Wildman–Crippen MR) is 77.0 cm³/mol. The first-order chi connectivity index (χ1) is 10.8. The van der Waals surface area contributed by atoms with E-state index in [9.17, 15) is 18.4 Å². The lowest BCUT2D eigenvalue weighted by Crippen LogP contribution is -2.31. The summed E-state index contributed by atoms with van der Waals surface area (Å²) in [6.45, 7) is 0. The minimum absolute atomic E-state index is 0.248. The van der Waals surface area contributed by atoms with Gasteiger partial charge in [-0.3, -0.25) is 10.5 Å². The van der Waals surface area contributed by atoms with Gasteiger partial charge in [-0.2, -0.15) is 18.4 Å². The Morgan fingerprint density at radius 2 is 1.96 bits per heavy atom. The summed E-state index contributed by atoms with van der Waals surface area (Å²) in [4.78, 5) is 0. The van der Waals surface area contributed by atoms with E-state index in [-0.39, 0.29) is 11.4 Å². The largest absolute Gasteiger partial charge is 0.433 e. The Hall–Kier alpha value is -2.34. The van der Waals surface area contributed by atoms with Crippen molar-refractivity contribution in [2.45, 2.75) is 12.1 Å². The molecule has 5 nitrogen and oxygen atoms in total. The Kier molecular flexibility index (Phi) is 3.64. The number of aromatic nitrogens is 2. The molecule has 1 aliphatic rings. The van der Waals surface area contributed by atoms with Crippen molar-refractivity contribution in [3.05, 3.63) is 45.6 Å². The van der Waals surface area contributed by atoms with E-state index in [1.165, 1.54) is 0 Å². The summed E-state index contributed by atoms with van der Waals surface area (Å²) < 4.78 is 45.4. The van der Waals surface area contributed by atoms with Crippen molar-refractivity contribution < 1.29 is 17.9 Å². The van der Waals surface area contributed by atoms with Crippen LogP contribution in [-0.4, -0.2) is 16.1 Å². The summed E-state index contributed by atoms with van der Waals surface area (Å²) in [5.41, 5.74) is -0.837. The van der Waals surface area contributed by atoms with E-state index in [0.29, 0.717) is 5.56 Å². The molecule has 2 unspecified atom stereocenters. The van der Waals surface area contributed by atoms with Crippen molar-refractivity contribution in [1.29, 1.82) is 10.7 Å². The first-order valence-corrected chi connectivity index (χ1v) is 7.19. The Morgan fingerprint density at radius 1 is 1.30 bits per heavy atom. The van der Waals surface area contributed by atoms with E-state index in [4.69, 9.17) is 10.1 Å². The van der Waals surface area contributed by atoms with Gasteiger partial charge >= 0.3 is 6.18 Å². The molecule has 0 aliphatic carbocycles. The molecule has 23 heavy (non-hydrogen) atoms. The lowest BCUT2D eigenvalue weighted by molar-refractivity contribution is -0.142. The highest BCUT2D eigenvalue weighted by Gasteiger charge is 2.46. The second-order valence-corrected chi connectivity index (χ2v) is 5.83. The van der Waals surface area contributed by atoms with Gasteiger partial charge in [0.15, 0.2) is 0 Å². The molecule has 2 N–H and O–H groups in total. The minimum atomic E-state index is -4.67. The maximum atomic E-state index is 13.2. The molecule has 1 aromatic carbocycles. The number of nitrogens with zero attached hydrogens (tertiary/aromatic N) is 2. The van der Waals surface area contributed by atoms with E-state index in [2.05, 4.69) is 21.0 Å². The molecule has 1 aliphatic heterocycles. The van der Waals surface area contributed by atoms with E-state index in [1.807, 2.05) is 11.2 Å². The molecule has 0 bridgehead atoms. The van der Waals surface area contributed by atoms with Crippen molar-refractivity contribution in [2.75, 3.05) is 0 Å². The summed E-state index contributed by atoms with van der Waals surface area (Å²) in [6, 6.07) is 8.39. The van der Waals surface area contributed by atoms with E-state index >= 15 is 0 Å². The van der Waals surface area contributed by atoms with E-state index < -0.39 is 29.6 Å². The molecule has 0 radical (unpaired) electrons. The molecule has 118 valence electrons. The zero-order valence-electron chi connectivity index (χ0n) is 11.3. The molecule has 3 rings (SSSR count). The average molecular weight is 385 g/mol. The van der Waals surface area contributed by atoms with Crippen LogP contribution in [0.15, 0.2) is 28.7 Å². The molecule has 0 saturated carbocycles. The van der Waals surface area contributed by atoms with Crippen LogP contribution in [-0.2, 0) is 6.18 Å². The lowest BCUT2D eigenvalue weighted by Gasteiger charge is -2.28. The van der Waals surface area contributed by atoms with Crippen LogP contribution in [0.2, 0.25) is 0 Å². The van der Waals surface area contributed by atoms with Crippen LogP contribution in [0.1, 0.15) is 22.7 Å². The third-order valence-electron chi connectivity index (χ3n) is 3.55. The Labute approximate surface area is 136 Å². The fourth-order valence-corrected chi connectivity index (χ4v) is 2.83. The van der Waals surface area contributed by atoms with Crippen molar-refractivity contribution in [3.8, 4) is 11.9 Å². The zero-order chi connectivity index (χ0) is 16.8. The third kappa shape index (κ3) is 2.59. The Balaban J connectivity index is 2.23. The van der Waals surface area contributed by atoms with Gasteiger partial charge in [0, 0.05) is 10.4 Å². The van der Waals surface area contributed by atoms with Gasteiger partial charge in [0.25, 0.3) is 0 Å². The highest BCUT2D eigenvalue weighted by molar-refractivity contribution is 9.10. The van der Waals surface area contributed by atoms with Crippen molar-refractivity contribution >= 4 is 21.8 Å². The first-order valence-electron chi connectivity index (χ1n) is 6.39. The number of ether oxygens (including phenoxy) is 1. The summed E-state index contributed by atoms with van der Waals surface area (Å²) in [5, 5.41) is 22.5. The predicted octanol–water partition coefficient (Wildman–Crippen LogP) is 3.83. The summed E-state index contributed by atoms with van der Waals surface area (Å²) >= 11 is 3.25. The van der Waals surface area contributed by atoms with Crippen molar-refractivity contribution in [1.82, 2.24) is 10.2 Å². The fourth-order valence-electron chi connectivity index (χ4n) is 2.56. The normalized spacial score (nSPS) is 20.6. The second-order valence-electron chi connectivity index (χ2n) is 4.92. The highest BCUT2D eigenvalue weighted by atomic mass is 79.9. The van der Waals surface area contributed by atoms with Crippen LogP contribution in [0.25, 0.3) is 0 Å². The number of nitriles is 1. The minimum Gasteiger partial charge on any atom is -0.422 e. The topological polar surface area (TPSA) is 85.6 Å². The lowest BCUT2D eigenvalue weighted by atomic mass is 9.79. The monoisotopic (exact) mass is 384 g/mol. The average Bonchev–Trinajstić information content (AvgIpc) is 2.90. The summed E-state index contributed by atoms with van der Waals surface area (Å²) in [6.07, 6.45) is -4.67. The van der Waals surface area contributed by atoms with E-state index in [1.54, 1.807) is 24.3 Å². The Bertz CT molecular complexity index is 807. The number of rotatable bonds is 1. The maximum absolute atomic E-state index is 13.2. The maximum Gasteiger partial charge on any atom is 0.433 e. The highest BCUT2D eigenvalue weighted by Crippen LogP contribution is 2.46. The van der Waals surface area contributed by atoms with Crippen molar-refractivity contribution in [3.63, 3.8) is 0 Å². The zero-order valence-corrected chi connectivity index (χ0v) is 12.9. The van der Waals surface area contributed by atoms with Gasteiger partial charge in [0.2, 0.25) is 11.8 Å². The molecule has 0 spiro atoms. The standard InChI is InChI=1S/C14H8BrF3N4O/c15-7-3-1-6(2-4-7)9-8(5-19)12(20)23-13-10(9)11(21-22-13)14(16,17)18/h1-4,8-9,20H,(H,21,22). The molecular formula is C14H8BrF3N4O. The van der Waals surface area contributed by atoms with Crippen LogP contribution < -0.4 is 4.74 Å². The van der Waals surface area contributed by atoms with Gasteiger partial charge in [0.1, 0.15) is 11.6 Å².